The molecule has 0 atom stereocenters. The van der Waals surface area contributed by atoms with Crippen LogP contribution < -0.4 is 9.64 Å². The molecule has 0 saturated carbocycles. The highest BCUT2D eigenvalue weighted by Gasteiger charge is 2.22. The van der Waals surface area contributed by atoms with Gasteiger partial charge in [-0.05, 0) is 62.9 Å². The molecule has 0 saturated heterocycles. The van der Waals surface area contributed by atoms with Gasteiger partial charge in [0.1, 0.15) is 11.3 Å². The number of carbonyl (C=O) groups excluding carboxylic acids is 1. The standard InChI is InChI=1S/C25H28N4O2S2/c1-5-31-21-7-6-8-22-24(21)26-25(33-22)28(13-14-29-18(3)15-17(2)27-29)23(30)16-19-9-11-20(32-4)12-10-19/h6-12,15H,5,13-14,16H2,1-4H3. The van der Waals surface area contributed by atoms with E-state index in [9.17, 15) is 4.79 Å². The number of rotatable bonds is 9. The van der Waals surface area contributed by atoms with Crippen LogP contribution in [0.5, 0.6) is 5.75 Å². The molecule has 6 nitrogen and oxygen atoms in total. The number of amides is 1. The van der Waals surface area contributed by atoms with Gasteiger partial charge < -0.3 is 4.74 Å². The number of ether oxygens (including phenoxy) is 1. The zero-order valence-corrected chi connectivity index (χ0v) is 21.0. The van der Waals surface area contributed by atoms with Gasteiger partial charge in [-0.15, -0.1) is 11.8 Å². The lowest BCUT2D eigenvalue weighted by Crippen LogP contribution is -2.35. The Hall–Kier alpha value is -2.84. The molecule has 4 rings (SSSR count). The van der Waals surface area contributed by atoms with Gasteiger partial charge >= 0.3 is 0 Å². The molecule has 0 spiro atoms. The van der Waals surface area contributed by atoms with Crippen LogP contribution in [0.4, 0.5) is 5.13 Å². The molecule has 2 aromatic heterocycles. The second kappa shape index (κ2) is 10.4. The van der Waals surface area contributed by atoms with Crippen molar-refractivity contribution >= 4 is 44.4 Å². The van der Waals surface area contributed by atoms with Gasteiger partial charge in [0.15, 0.2) is 5.13 Å². The number of carbonyl (C=O) groups is 1. The third kappa shape index (κ3) is 5.39. The lowest BCUT2D eigenvalue weighted by atomic mass is 10.1. The number of aromatic nitrogens is 3. The van der Waals surface area contributed by atoms with Crippen molar-refractivity contribution in [2.24, 2.45) is 0 Å². The van der Waals surface area contributed by atoms with Crippen LogP contribution in [0.15, 0.2) is 53.4 Å². The Morgan fingerprint density at radius 2 is 1.97 bits per heavy atom. The molecule has 0 aliphatic carbocycles. The SMILES string of the molecule is CCOc1cccc2sc(N(CCn3nc(C)cc3C)C(=O)Cc3ccc(SC)cc3)nc12. The average Bonchev–Trinajstić information content (AvgIpc) is 3.37. The van der Waals surface area contributed by atoms with E-state index in [1.165, 1.54) is 16.2 Å². The summed E-state index contributed by atoms with van der Waals surface area (Å²) in [7, 11) is 0. The molecular weight excluding hydrogens is 452 g/mol. The number of thioether (sulfide) groups is 1. The lowest BCUT2D eigenvalue weighted by molar-refractivity contribution is -0.118. The van der Waals surface area contributed by atoms with Gasteiger partial charge in [-0.2, -0.15) is 5.10 Å². The van der Waals surface area contributed by atoms with E-state index >= 15 is 0 Å². The zero-order chi connectivity index (χ0) is 23.4. The summed E-state index contributed by atoms with van der Waals surface area (Å²) in [5, 5.41) is 5.24. The van der Waals surface area contributed by atoms with Crippen LogP contribution in [0.1, 0.15) is 23.9 Å². The third-order valence-corrected chi connectivity index (χ3v) is 7.14. The number of anilines is 1. The predicted octanol–water partition coefficient (Wildman–Crippen LogP) is 5.51. The summed E-state index contributed by atoms with van der Waals surface area (Å²) in [6, 6.07) is 16.1. The second-order valence-electron chi connectivity index (χ2n) is 7.75. The summed E-state index contributed by atoms with van der Waals surface area (Å²) in [5.41, 5.74) is 3.84. The Bertz CT molecular complexity index is 1250. The van der Waals surface area contributed by atoms with Gasteiger partial charge in [0.2, 0.25) is 5.91 Å². The van der Waals surface area contributed by atoms with Crippen molar-refractivity contribution < 1.29 is 9.53 Å². The highest BCUT2D eigenvalue weighted by molar-refractivity contribution is 7.98. The first-order chi connectivity index (χ1) is 16.0. The van der Waals surface area contributed by atoms with Crippen LogP contribution in [0.2, 0.25) is 0 Å². The molecule has 33 heavy (non-hydrogen) atoms. The van der Waals surface area contributed by atoms with Crippen molar-refractivity contribution in [3.8, 4) is 5.75 Å². The maximum atomic E-state index is 13.5. The molecule has 0 aliphatic rings. The van der Waals surface area contributed by atoms with Gasteiger partial charge in [-0.25, -0.2) is 4.98 Å². The monoisotopic (exact) mass is 480 g/mol. The van der Waals surface area contributed by atoms with Crippen molar-refractivity contribution in [3.63, 3.8) is 0 Å². The van der Waals surface area contributed by atoms with Crippen LogP contribution in [-0.2, 0) is 17.8 Å². The Morgan fingerprint density at radius 3 is 2.64 bits per heavy atom. The Labute approximate surface area is 202 Å². The fourth-order valence-electron chi connectivity index (χ4n) is 3.74. The number of fused-ring (bicyclic) bond motifs is 1. The summed E-state index contributed by atoms with van der Waals surface area (Å²) in [5.74, 6) is 0.765. The molecule has 8 heteroatoms. The second-order valence-corrected chi connectivity index (χ2v) is 9.64. The fraction of sp³-hybridized carbons (Fsp3) is 0.320. The molecule has 4 aromatic rings. The van der Waals surface area contributed by atoms with Crippen molar-refractivity contribution in [1.29, 1.82) is 0 Å². The normalized spacial score (nSPS) is 11.2. The smallest absolute Gasteiger partial charge is 0.233 e. The third-order valence-electron chi connectivity index (χ3n) is 5.36. The van der Waals surface area contributed by atoms with Crippen LogP contribution in [-0.4, -0.2) is 40.1 Å². The first-order valence-corrected chi connectivity index (χ1v) is 13.0. The van der Waals surface area contributed by atoms with Gasteiger partial charge in [0.05, 0.1) is 30.0 Å². The minimum absolute atomic E-state index is 0.0189. The van der Waals surface area contributed by atoms with E-state index in [1.807, 2.05) is 68.1 Å². The van der Waals surface area contributed by atoms with Crippen molar-refractivity contribution in [1.82, 2.24) is 14.8 Å². The number of para-hydroxylation sites is 1. The van der Waals surface area contributed by atoms with Gasteiger partial charge in [0.25, 0.3) is 0 Å². The van der Waals surface area contributed by atoms with Crippen molar-refractivity contribution in [2.75, 3.05) is 24.3 Å². The number of nitrogens with zero attached hydrogens (tertiary/aromatic N) is 4. The molecule has 0 unspecified atom stereocenters. The Kier molecular flexibility index (Phi) is 7.35. The summed E-state index contributed by atoms with van der Waals surface area (Å²) >= 11 is 3.21. The van der Waals surface area contributed by atoms with Gasteiger partial charge in [-0.3, -0.25) is 14.4 Å². The Balaban J connectivity index is 1.64. The maximum absolute atomic E-state index is 13.5. The Morgan fingerprint density at radius 1 is 1.18 bits per heavy atom. The quantitative estimate of drug-likeness (QED) is 0.296. The van der Waals surface area contributed by atoms with Crippen LogP contribution in [0.25, 0.3) is 10.2 Å². The van der Waals surface area contributed by atoms with Crippen LogP contribution in [0, 0.1) is 13.8 Å². The summed E-state index contributed by atoms with van der Waals surface area (Å²) in [6.07, 6.45) is 2.37. The average molecular weight is 481 g/mol. The van der Waals surface area contributed by atoms with E-state index in [0.29, 0.717) is 31.2 Å². The molecule has 0 fully saturated rings. The predicted molar refractivity (Wildman–Crippen MR) is 137 cm³/mol. The minimum Gasteiger partial charge on any atom is -0.492 e. The first-order valence-electron chi connectivity index (χ1n) is 10.9. The molecule has 0 N–H and O–H groups in total. The van der Waals surface area contributed by atoms with E-state index in [2.05, 4.69) is 17.2 Å². The summed E-state index contributed by atoms with van der Waals surface area (Å²) in [6.45, 7) is 7.63. The molecule has 0 aliphatic heterocycles. The summed E-state index contributed by atoms with van der Waals surface area (Å²) < 4.78 is 8.71. The molecule has 0 bridgehead atoms. The van der Waals surface area contributed by atoms with E-state index in [-0.39, 0.29) is 5.91 Å². The lowest BCUT2D eigenvalue weighted by Gasteiger charge is -2.20. The zero-order valence-electron chi connectivity index (χ0n) is 19.4. The van der Waals surface area contributed by atoms with E-state index in [4.69, 9.17) is 9.72 Å². The molecule has 172 valence electrons. The molecular formula is C25H28N4O2S2. The number of benzene rings is 2. The minimum atomic E-state index is 0.0189. The van der Waals surface area contributed by atoms with Crippen LogP contribution in [0.3, 0.4) is 0 Å². The number of hydrogen-bond acceptors (Lipinski definition) is 6. The van der Waals surface area contributed by atoms with Gasteiger partial charge in [-0.1, -0.05) is 29.5 Å². The maximum Gasteiger partial charge on any atom is 0.233 e. The number of hydrogen-bond donors (Lipinski definition) is 0. The first kappa shape index (κ1) is 23.3. The van der Waals surface area contributed by atoms with Gasteiger partial charge in [0, 0.05) is 17.1 Å². The van der Waals surface area contributed by atoms with Crippen molar-refractivity contribution in [3.05, 3.63) is 65.5 Å². The van der Waals surface area contributed by atoms with Crippen molar-refractivity contribution in [2.45, 2.75) is 38.6 Å². The highest BCUT2D eigenvalue weighted by atomic mass is 32.2. The molecule has 2 heterocycles. The number of aryl methyl sites for hydroxylation is 2. The highest BCUT2D eigenvalue weighted by Crippen LogP contribution is 2.34. The molecule has 0 radical (unpaired) electrons. The van der Waals surface area contributed by atoms with E-state index in [1.54, 1.807) is 16.7 Å². The topological polar surface area (TPSA) is 60.2 Å². The largest absolute Gasteiger partial charge is 0.492 e. The van der Waals surface area contributed by atoms with Crippen LogP contribution >= 0.6 is 23.1 Å². The molecule has 2 aromatic carbocycles. The summed E-state index contributed by atoms with van der Waals surface area (Å²) in [4.78, 5) is 21.3. The molecule has 1 amide bonds. The van der Waals surface area contributed by atoms with E-state index < -0.39 is 0 Å². The van der Waals surface area contributed by atoms with E-state index in [0.717, 1.165) is 32.9 Å². The fourth-order valence-corrected chi connectivity index (χ4v) is 5.17. The number of thiazole rings is 1.